The van der Waals surface area contributed by atoms with Gasteiger partial charge in [0.05, 0.1) is 15.6 Å². The van der Waals surface area contributed by atoms with Crippen LogP contribution < -0.4 is 25.8 Å². The molecule has 4 N–H and O–H groups in total. The van der Waals surface area contributed by atoms with E-state index in [0.717, 1.165) is 39.7 Å². The minimum Gasteiger partial charge on any atom is -0.507 e. The Morgan fingerprint density at radius 2 is 1.88 bits per heavy atom. The fourth-order valence-electron chi connectivity index (χ4n) is 5.48. The van der Waals surface area contributed by atoms with Crippen molar-refractivity contribution < 1.29 is 5.11 Å². The molecule has 168 valence electrons. The normalized spacial score (nSPS) is 21.7. The minimum atomic E-state index is 0.0617. The van der Waals surface area contributed by atoms with E-state index in [1.165, 1.54) is 11.3 Å². The summed E-state index contributed by atoms with van der Waals surface area (Å²) in [5, 5.41) is 25.1. The number of aromatic nitrogens is 3. The molecule has 0 unspecified atom stereocenters. The second-order valence-corrected chi connectivity index (χ2v) is 11.4. The molecule has 5 rings (SSSR count). The predicted molar refractivity (Wildman–Crippen MR) is 131 cm³/mol. The van der Waals surface area contributed by atoms with E-state index in [2.05, 4.69) is 60.1 Å². The third-order valence-electron chi connectivity index (χ3n) is 6.58. The first kappa shape index (κ1) is 21.2. The molecule has 1 aliphatic heterocycles. The van der Waals surface area contributed by atoms with Gasteiger partial charge in [0.15, 0.2) is 10.9 Å². The van der Waals surface area contributed by atoms with Gasteiger partial charge in [0.25, 0.3) is 0 Å². The van der Waals surface area contributed by atoms with Gasteiger partial charge in [-0.3, -0.25) is 0 Å². The molecule has 0 spiro atoms. The Morgan fingerprint density at radius 3 is 2.53 bits per heavy atom. The maximum Gasteiger partial charge on any atom is 0.181 e. The van der Waals surface area contributed by atoms with Crippen LogP contribution in [0, 0.1) is 0 Å². The summed E-state index contributed by atoms with van der Waals surface area (Å²) in [6.07, 6.45) is 6.72. The number of nitrogens with two attached hydrogens (primary N) is 1. The Kier molecular flexibility index (Phi) is 4.73. The second-order valence-electron chi connectivity index (χ2n) is 10.3. The number of piperidine rings is 1. The van der Waals surface area contributed by atoms with Crippen molar-refractivity contribution in [2.75, 3.05) is 17.7 Å². The molecular weight excluding hydrogens is 420 g/mol. The van der Waals surface area contributed by atoms with Crippen LogP contribution in [-0.2, 0) is 0 Å². The highest BCUT2D eigenvalue weighted by Crippen LogP contribution is 2.36. The molecule has 0 bridgehead atoms. The molecule has 0 saturated carbocycles. The molecule has 3 heterocycles. The van der Waals surface area contributed by atoms with E-state index in [-0.39, 0.29) is 16.8 Å². The number of rotatable bonds is 3. The fraction of sp³-hybridized carbons (Fsp3) is 0.458. The Labute approximate surface area is 192 Å². The summed E-state index contributed by atoms with van der Waals surface area (Å²) in [5.41, 5.74) is 9.20. The molecular formula is C24H30N6OS. The smallest absolute Gasteiger partial charge is 0.181 e. The molecule has 32 heavy (non-hydrogen) atoms. The van der Waals surface area contributed by atoms with Gasteiger partial charge < -0.3 is 21.1 Å². The van der Waals surface area contributed by atoms with Crippen LogP contribution >= 0.6 is 11.3 Å². The first-order chi connectivity index (χ1) is 15.0. The number of aliphatic hydroxyl groups is 1. The third-order valence-corrected chi connectivity index (χ3v) is 7.41. The largest absolute Gasteiger partial charge is 0.507 e. The molecule has 3 aliphatic rings. The molecule has 8 heteroatoms. The number of nitrogens with one attached hydrogen (secondary N) is 1. The van der Waals surface area contributed by atoms with Crippen molar-refractivity contribution in [2.45, 2.75) is 64.1 Å². The van der Waals surface area contributed by atoms with Crippen molar-refractivity contribution in [3.8, 4) is 0 Å². The van der Waals surface area contributed by atoms with Crippen LogP contribution in [-0.4, -0.2) is 44.5 Å². The lowest BCUT2D eigenvalue weighted by molar-refractivity contribution is 0.160. The van der Waals surface area contributed by atoms with Crippen molar-refractivity contribution in [3.05, 3.63) is 45.1 Å². The molecule has 0 amide bonds. The molecule has 0 atom stereocenters. The maximum absolute atomic E-state index is 11.0. The van der Waals surface area contributed by atoms with Crippen molar-refractivity contribution in [1.82, 2.24) is 20.5 Å². The highest BCUT2D eigenvalue weighted by molar-refractivity contribution is 7.13. The summed E-state index contributed by atoms with van der Waals surface area (Å²) in [7, 11) is 2.09. The lowest BCUT2D eigenvalue weighted by atomic mass is 9.79. The zero-order valence-electron chi connectivity index (χ0n) is 19.2. The van der Waals surface area contributed by atoms with E-state index in [4.69, 9.17) is 5.73 Å². The number of hydrogen-bond donors (Lipinski definition) is 3. The van der Waals surface area contributed by atoms with Crippen LogP contribution in [0.3, 0.4) is 0 Å². The molecule has 0 radical (unpaired) electrons. The molecule has 2 aliphatic carbocycles. The third kappa shape index (κ3) is 3.61. The van der Waals surface area contributed by atoms with E-state index in [0.29, 0.717) is 28.9 Å². The van der Waals surface area contributed by atoms with Gasteiger partial charge in [-0.1, -0.05) is 17.4 Å². The maximum atomic E-state index is 11.0. The Morgan fingerprint density at radius 1 is 1.16 bits per heavy atom. The first-order valence-corrected chi connectivity index (χ1v) is 11.8. The number of nitrogens with zero attached hydrogens (tertiary/aromatic N) is 4. The standard InChI is InChI=1S/C24H30N6OS/c1-23(2)11-13(12-24(3,4)29-23)30(5)19-9-8-17(27-28-19)15-7-6-14-16(21(15)31)10-18-20(14)26-22(25)32-18/h7-10,13,29,31H,6,11-12H2,1-5H3,(H2,25,26). The summed E-state index contributed by atoms with van der Waals surface area (Å²) >= 11 is 1.44. The number of fused-ring (bicyclic) bond motifs is 2. The Balaban J connectivity index is 1.39. The van der Waals surface area contributed by atoms with Crippen molar-refractivity contribution in [3.63, 3.8) is 0 Å². The van der Waals surface area contributed by atoms with Crippen LogP contribution in [0.4, 0.5) is 10.9 Å². The van der Waals surface area contributed by atoms with Gasteiger partial charge in [-0.05, 0) is 70.7 Å². The summed E-state index contributed by atoms with van der Waals surface area (Å²) in [6, 6.07) is 4.32. The fourth-order valence-corrected chi connectivity index (χ4v) is 6.29. The van der Waals surface area contributed by atoms with Gasteiger partial charge in [-0.25, -0.2) is 4.98 Å². The van der Waals surface area contributed by atoms with Crippen molar-refractivity contribution >= 4 is 39.5 Å². The quantitative estimate of drug-likeness (QED) is 0.661. The Bertz CT molecular complexity index is 1250. The highest BCUT2D eigenvalue weighted by Gasteiger charge is 2.39. The van der Waals surface area contributed by atoms with Crippen LogP contribution in [0.1, 0.15) is 52.7 Å². The van der Waals surface area contributed by atoms with Crippen LogP contribution in [0.25, 0.3) is 17.2 Å². The lowest BCUT2D eigenvalue weighted by Gasteiger charge is -2.49. The molecule has 2 aromatic rings. The molecule has 0 aromatic carbocycles. The van der Waals surface area contributed by atoms with E-state index in [1.807, 2.05) is 24.3 Å². The minimum absolute atomic E-state index is 0.0617. The molecule has 2 aromatic heterocycles. The molecule has 7 nitrogen and oxygen atoms in total. The summed E-state index contributed by atoms with van der Waals surface area (Å²) < 4.78 is 1.00. The summed E-state index contributed by atoms with van der Waals surface area (Å²) in [4.78, 5) is 6.65. The number of hydrogen-bond acceptors (Lipinski definition) is 8. The van der Waals surface area contributed by atoms with E-state index < -0.39 is 0 Å². The van der Waals surface area contributed by atoms with E-state index in [9.17, 15) is 5.11 Å². The Hall–Kier alpha value is -2.71. The van der Waals surface area contributed by atoms with Crippen molar-refractivity contribution in [1.29, 1.82) is 0 Å². The monoisotopic (exact) mass is 450 g/mol. The van der Waals surface area contributed by atoms with Gasteiger partial charge in [-0.15, -0.1) is 10.2 Å². The number of aliphatic hydroxyl groups excluding tert-OH is 1. The number of nitrogen functional groups attached to an aromatic ring is 1. The average Bonchev–Trinajstić information content (AvgIpc) is 3.22. The van der Waals surface area contributed by atoms with Gasteiger partial charge in [0, 0.05) is 35.3 Å². The highest BCUT2D eigenvalue weighted by atomic mass is 32.1. The van der Waals surface area contributed by atoms with Crippen LogP contribution in [0.15, 0.2) is 29.5 Å². The van der Waals surface area contributed by atoms with Gasteiger partial charge in [0.2, 0.25) is 0 Å². The first-order valence-electron chi connectivity index (χ1n) is 11.0. The van der Waals surface area contributed by atoms with Gasteiger partial charge in [-0.2, -0.15) is 0 Å². The topological polar surface area (TPSA) is 100 Å². The second kappa shape index (κ2) is 7.15. The van der Waals surface area contributed by atoms with Crippen LogP contribution in [0.5, 0.6) is 0 Å². The average molecular weight is 451 g/mol. The number of thiazole rings is 1. The van der Waals surface area contributed by atoms with Crippen molar-refractivity contribution in [2.24, 2.45) is 0 Å². The SMILES string of the molecule is CN(c1ccc(C2=CCC3=c4nc(N)sc4=CC3=C2O)nn1)C1CC(C)(C)NC(C)(C)C1. The number of allylic oxidation sites excluding steroid dienone is 3. The number of anilines is 2. The summed E-state index contributed by atoms with van der Waals surface area (Å²) in [6.45, 7) is 9.01. The van der Waals surface area contributed by atoms with Gasteiger partial charge in [0.1, 0.15) is 5.76 Å². The van der Waals surface area contributed by atoms with Gasteiger partial charge >= 0.3 is 0 Å². The predicted octanol–water partition coefficient (Wildman–Crippen LogP) is 2.50. The van der Waals surface area contributed by atoms with E-state index >= 15 is 0 Å². The zero-order valence-corrected chi connectivity index (χ0v) is 20.0. The zero-order chi connectivity index (χ0) is 22.8. The molecule has 1 fully saturated rings. The van der Waals surface area contributed by atoms with Crippen LogP contribution in [0.2, 0.25) is 0 Å². The lowest BCUT2D eigenvalue weighted by Crippen LogP contribution is -2.62. The molecule has 1 saturated heterocycles. The summed E-state index contributed by atoms with van der Waals surface area (Å²) in [5.74, 6) is 1.07. The van der Waals surface area contributed by atoms with E-state index in [1.54, 1.807) is 0 Å².